The van der Waals surface area contributed by atoms with Crippen LogP contribution in [0.15, 0.2) is 60.7 Å². The molecule has 3 aromatic rings. The maximum Gasteiger partial charge on any atom is 0.282 e. The monoisotopic (exact) mass is 398 g/mol. The lowest BCUT2D eigenvalue weighted by Gasteiger charge is -2.13. The first-order valence-corrected chi connectivity index (χ1v) is 9.33. The lowest BCUT2D eigenvalue weighted by Crippen LogP contribution is -2.35. The highest BCUT2D eigenvalue weighted by Crippen LogP contribution is 2.37. The van der Waals surface area contributed by atoms with Gasteiger partial charge >= 0.3 is 0 Å². The zero-order chi connectivity index (χ0) is 21.0. The normalized spacial score (nSPS) is 13.8. The van der Waals surface area contributed by atoms with Crippen molar-refractivity contribution in [3.8, 4) is 11.1 Å². The summed E-state index contributed by atoms with van der Waals surface area (Å²) in [5, 5.41) is 11.2. The van der Waals surface area contributed by atoms with E-state index < -0.39 is 34.8 Å². The molecule has 7 heteroatoms. The van der Waals surface area contributed by atoms with Crippen LogP contribution in [0.3, 0.4) is 0 Å². The molecule has 0 saturated carbocycles. The Bertz CT molecular complexity index is 1290. The molecule has 2 aliphatic rings. The Kier molecular flexibility index (Phi) is 3.86. The molecule has 0 unspecified atom stereocenters. The Balaban J connectivity index is 1.45. The van der Waals surface area contributed by atoms with Crippen LogP contribution in [0.1, 0.15) is 42.2 Å². The van der Waals surface area contributed by atoms with Crippen LogP contribution in [0.2, 0.25) is 0 Å². The molecule has 1 heterocycles. The van der Waals surface area contributed by atoms with E-state index in [4.69, 9.17) is 0 Å². The summed E-state index contributed by atoms with van der Waals surface area (Å²) in [6.07, 6.45) is 0.794. The van der Waals surface area contributed by atoms with E-state index in [1.807, 2.05) is 30.3 Å². The summed E-state index contributed by atoms with van der Waals surface area (Å²) in [5.74, 6) is -1.92. The number of benzene rings is 3. The van der Waals surface area contributed by atoms with Gasteiger partial charge in [-0.3, -0.25) is 29.4 Å². The van der Waals surface area contributed by atoms with E-state index in [0.29, 0.717) is 5.56 Å². The minimum atomic E-state index is -0.817. The highest BCUT2D eigenvalue weighted by Gasteiger charge is 2.41. The molecule has 3 aromatic carbocycles. The van der Waals surface area contributed by atoms with Crippen molar-refractivity contribution in [2.75, 3.05) is 6.54 Å². The first kappa shape index (κ1) is 17.9. The van der Waals surface area contributed by atoms with Crippen molar-refractivity contribution < 1.29 is 19.3 Å². The van der Waals surface area contributed by atoms with Crippen LogP contribution in [-0.2, 0) is 6.42 Å². The van der Waals surface area contributed by atoms with Crippen molar-refractivity contribution in [2.24, 2.45) is 0 Å². The molecule has 0 saturated heterocycles. The van der Waals surface area contributed by atoms with Gasteiger partial charge in [0.1, 0.15) is 5.56 Å². The lowest BCUT2D eigenvalue weighted by molar-refractivity contribution is -0.385. The van der Waals surface area contributed by atoms with Crippen molar-refractivity contribution in [1.29, 1.82) is 0 Å². The van der Waals surface area contributed by atoms with Crippen LogP contribution in [-0.4, -0.2) is 34.0 Å². The Morgan fingerprint density at radius 1 is 0.900 bits per heavy atom. The number of Topliss-reactive ketones (excluding diaryl/α,β-unsaturated/α-hetero) is 1. The van der Waals surface area contributed by atoms with Crippen molar-refractivity contribution in [3.63, 3.8) is 0 Å². The van der Waals surface area contributed by atoms with Crippen LogP contribution in [0.25, 0.3) is 11.1 Å². The molecule has 146 valence electrons. The number of nitro benzene ring substituents is 1. The van der Waals surface area contributed by atoms with Gasteiger partial charge in [-0.05, 0) is 40.8 Å². The van der Waals surface area contributed by atoms with Crippen molar-refractivity contribution in [1.82, 2.24) is 4.90 Å². The predicted molar refractivity (Wildman–Crippen MR) is 107 cm³/mol. The fourth-order valence-electron chi connectivity index (χ4n) is 4.14. The fraction of sp³-hybridized carbons (Fsp3) is 0.0870. The summed E-state index contributed by atoms with van der Waals surface area (Å²) >= 11 is 0. The van der Waals surface area contributed by atoms with E-state index in [-0.39, 0.29) is 11.1 Å². The van der Waals surface area contributed by atoms with E-state index in [2.05, 4.69) is 0 Å². The van der Waals surface area contributed by atoms with E-state index in [0.717, 1.165) is 28.0 Å². The number of carbonyl (C=O) groups is 3. The van der Waals surface area contributed by atoms with Gasteiger partial charge in [0, 0.05) is 11.6 Å². The summed E-state index contributed by atoms with van der Waals surface area (Å²) in [4.78, 5) is 49.5. The first-order chi connectivity index (χ1) is 14.5. The number of nitrogens with zero attached hydrogens (tertiary/aromatic N) is 2. The molecular formula is C23H14N2O5. The molecule has 5 rings (SSSR count). The zero-order valence-corrected chi connectivity index (χ0v) is 15.6. The molecule has 0 radical (unpaired) electrons. The van der Waals surface area contributed by atoms with E-state index >= 15 is 0 Å². The zero-order valence-electron chi connectivity index (χ0n) is 15.6. The van der Waals surface area contributed by atoms with Crippen LogP contribution < -0.4 is 0 Å². The molecular weight excluding hydrogens is 384 g/mol. The highest BCUT2D eigenvalue weighted by molar-refractivity contribution is 6.24. The number of imide groups is 1. The largest absolute Gasteiger partial charge is 0.292 e. The predicted octanol–water partition coefficient (Wildman–Crippen LogP) is 3.64. The van der Waals surface area contributed by atoms with Gasteiger partial charge in [0.05, 0.1) is 17.0 Å². The molecule has 0 spiro atoms. The van der Waals surface area contributed by atoms with Gasteiger partial charge in [-0.15, -0.1) is 0 Å². The van der Waals surface area contributed by atoms with Gasteiger partial charge in [0.25, 0.3) is 17.5 Å². The van der Waals surface area contributed by atoms with Crippen LogP contribution in [0.5, 0.6) is 0 Å². The number of fused-ring (bicyclic) bond motifs is 4. The average molecular weight is 398 g/mol. The SMILES string of the molecule is O=C(CN1C(=O)c2cccc([N+](=O)[O-])c2C1=O)c1ccc2c(c1)-c1ccccc1C2. The molecule has 30 heavy (non-hydrogen) atoms. The topological polar surface area (TPSA) is 97.6 Å². The molecule has 1 aliphatic heterocycles. The summed E-state index contributed by atoms with van der Waals surface area (Å²) in [6.45, 7) is -0.468. The smallest absolute Gasteiger partial charge is 0.282 e. The number of carbonyl (C=O) groups excluding carboxylic acids is 3. The highest BCUT2D eigenvalue weighted by atomic mass is 16.6. The summed E-state index contributed by atoms with van der Waals surface area (Å²) in [7, 11) is 0. The number of ketones is 1. The summed E-state index contributed by atoms with van der Waals surface area (Å²) < 4.78 is 0. The average Bonchev–Trinajstić information content (AvgIpc) is 3.24. The van der Waals surface area contributed by atoms with Crippen molar-refractivity contribution in [3.05, 3.63) is 98.6 Å². The second kappa shape index (κ2) is 6.45. The maximum absolute atomic E-state index is 12.9. The Morgan fingerprint density at radius 3 is 2.43 bits per heavy atom. The number of amides is 2. The molecule has 1 aliphatic carbocycles. The van der Waals surface area contributed by atoms with Gasteiger partial charge in [0.15, 0.2) is 5.78 Å². The Hall–Kier alpha value is -4.13. The van der Waals surface area contributed by atoms with Gasteiger partial charge < -0.3 is 0 Å². The number of rotatable bonds is 4. The van der Waals surface area contributed by atoms with Gasteiger partial charge in [-0.2, -0.15) is 0 Å². The molecule has 7 nitrogen and oxygen atoms in total. The van der Waals surface area contributed by atoms with Gasteiger partial charge in [-0.1, -0.05) is 42.5 Å². The van der Waals surface area contributed by atoms with E-state index in [1.54, 1.807) is 12.1 Å². The molecule has 0 aromatic heterocycles. The third kappa shape index (κ3) is 2.56. The quantitative estimate of drug-likeness (QED) is 0.226. The van der Waals surface area contributed by atoms with Crippen molar-refractivity contribution >= 4 is 23.3 Å². The first-order valence-electron chi connectivity index (χ1n) is 9.33. The number of hydrogen-bond donors (Lipinski definition) is 0. The third-order valence-corrected chi connectivity index (χ3v) is 5.60. The molecule has 2 amide bonds. The van der Waals surface area contributed by atoms with Crippen LogP contribution in [0.4, 0.5) is 5.69 Å². The molecule has 0 fully saturated rings. The molecule has 0 bridgehead atoms. The van der Waals surface area contributed by atoms with Crippen LogP contribution in [0, 0.1) is 10.1 Å². The third-order valence-electron chi connectivity index (χ3n) is 5.60. The summed E-state index contributed by atoms with van der Waals surface area (Å²) in [6, 6.07) is 17.2. The maximum atomic E-state index is 12.9. The standard InChI is InChI=1S/C23H14N2O5/c26-20(15-9-8-14-10-13-4-1-2-5-16(13)18(14)11-15)12-24-22(27)17-6-3-7-19(25(29)30)21(17)23(24)28/h1-9,11H,10,12H2. The number of nitro groups is 1. The minimum Gasteiger partial charge on any atom is -0.292 e. The van der Waals surface area contributed by atoms with E-state index in [9.17, 15) is 24.5 Å². The second-order valence-electron chi connectivity index (χ2n) is 7.28. The van der Waals surface area contributed by atoms with Gasteiger partial charge in [0.2, 0.25) is 0 Å². The second-order valence-corrected chi connectivity index (χ2v) is 7.28. The lowest BCUT2D eigenvalue weighted by atomic mass is 10.0. The Morgan fingerprint density at radius 2 is 1.63 bits per heavy atom. The molecule has 0 N–H and O–H groups in total. The van der Waals surface area contributed by atoms with E-state index in [1.165, 1.54) is 23.8 Å². The van der Waals surface area contributed by atoms with Crippen LogP contribution >= 0.6 is 0 Å². The van der Waals surface area contributed by atoms with Gasteiger partial charge in [-0.25, -0.2) is 0 Å². The fourth-order valence-corrected chi connectivity index (χ4v) is 4.14. The number of hydrogen-bond acceptors (Lipinski definition) is 5. The molecule has 0 atom stereocenters. The summed E-state index contributed by atoms with van der Waals surface area (Å²) in [5.41, 5.74) is 3.97. The minimum absolute atomic E-state index is 0.0510. The Labute approximate surface area is 170 Å². The van der Waals surface area contributed by atoms with Crippen molar-refractivity contribution in [2.45, 2.75) is 6.42 Å².